The van der Waals surface area contributed by atoms with Crippen molar-refractivity contribution in [1.29, 1.82) is 0 Å². The van der Waals surface area contributed by atoms with E-state index in [0.29, 0.717) is 2.33 Å². The first-order valence-electron chi connectivity index (χ1n) is 4.61. The van der Waals surface area contributed by atoms with Crippen LogP contribution in [0.2, 0.25) is 0 Å². The third kappa shape index (κ3) is 1.62. The molecule has 11 heavy (non-hydrogen) atoms. The highest BCUT2D eigenvalue weighted by Gasteiger charge is 2.60. The van der Waals surface area contributed by atoms with Gasteiger partial charge in [0.25, 0.3) is 0 Å². The van der Waals surface area contributed by atoms with Gasteiger partial charge in [0.05, 0.1) is 2.33 Å². The van der Waals surface area contributed by atoms with Crippen LogP contribution in [0.25, 0.3) is 0 Å². The zero-order valence-electron chi connectivity index (χ0n) is 6.65. The molecule has 0 amide bonds. The van der Waals surface area contributed by atoms with Crippen molar-refractivity contribution in [2.24, 2.45) is 11.8 Å². The zero-order chi connectivity index (χ0) is 7.90. The predicted molar refractivity (Wildman–Crippen MR) is 60.4 cm³/mol. The Morgan fingerprint density at radius 3 is 1.91 bits per heavy atom. The molecule has 3 atom stereocenters. The molecule has 0 aromatic heterocycles. The SMILES string of the molecule is BrC1(I)[C@@H]2CCCCCC[C@@H]21. The molecule has 2 aliphatic carbocycles. The number of rotatable bonds is 0. The van der Waals surface area contributed by atoms with Crippen molar-refractivity contribution in [3.8, 4) is 0 Å². The van der Waals surface area contributed by atoms with Gasteiger partial charge in [0.1, 0.15) is 0 Å². The van der Waals surface area contributed by atoms with Crippen molar-refractivity contribution < 1.29 is 0 Å². The van der Waals surface area contributed by atoms with Gasteiger partial charge in [0.2, 0.25) is 0 Å². The van der Waals surface area contributed by atoms with Crippen molar-refractivity contribution in [1.82, 2.24) is 0 Å². The monoisotopic (exact) mass is 328 g/mol. The fraction of sp³-hybridized carbons (Fsp3) is 1.00. The van der Waals surface area contributed by atoms with E-state index in [0.717, 1.165) is 11.8 Å². The molecule has 64 valence electrons. The Morgan fingerprint density at radius 1 is 1.00 bits per heavy atom. The fourth-order valence-corrected chi connectivity index (χ4v) is 4.60. The molecule has 0 N–H and O–H groups in total. The zero-order valence-corrected chi connectivity index (χ0v) is 10.4. The van der Waals surface area contributed by atoms with E-state index in [-0.39, 0.29) is 0 Å². The van der Waals surface area contributed by atoms with E-state index >= 15 is 0 Å². The Hall–Kier alpha value is 1.21. The summed E-state index contributed by atoms with van der Waals surface area (Å²) in [6.45, 7) is 0. The van der Waals surface area contributed by atoms with E-state index in [9.17, 15) is 0 Å². The second-order valence-electron chi connectivity index (χ2n) is 3.88. The van der Waals surface area contributed by atoms with Crippen LogP contribution in [-0.4, -0.2) is 2.33 Å². The van der Waals surface area contributed by atoms with E-state index in [2.05, 4.69) is 38.5 Å². The molecule has 2 rings (SSSR count). The van der Waals surface area contributed by atoms with E-state index in [4.69, 9.17) is 0 Å². The van der Waals surface area contributed by atoms with Gasteiger partial charge in [-0.3, -0.25) is 0 Å². The normalized spacial score (nSPS) is 50.7. The molecule has 0 bridgehead atoms. The van der Waals surface area contributed by atoms with Crippen LogP contribution >= 0.6 is 38.5 Å². The summed E-state index contributed by atoms with van der Waals surface area (Å²) in [6.07, 6.45) is 8.83. The van der Waals surface area contributed by atoms with E-state index in [1.807, 2.05) is 0 Å². The largest absolute Gasteiger partial charge is 0.0832 e. The van der Waals surface area contributed by atoms with Crippen molar-refractivity contribution in [2.45, 2.75) is 40.9 Å². The average Bonchev–Trinajstić information content (AvgIpc) is 2.29. The number of alkyl halides is 2. The Bertz CT molecular complexity index is 140. The summed E-state index contributed by atoms with van der Waals surface area (Å²) < 4.78 is 0.509. The standard InChI is InChI=1S/C9H14BrI/c10-9(11)7-5-3-1-2-4-6-8(7)9/h7-8H,1-6H2/t7-,8+,9?. The minimum Gasteiger partial charge on any atom is -0.0731 e. The van der Waals surface area contributed by atoms with E-state index in [1.54, 1.807) is 0 Å². The van der Waals surface area contributed by atoms with E-state index < -0.39 is 0 Å². The van der Waals surface area contributed by atoms with Crippen LogP contribution in [0.1, 0.15) is 38.5 Å². The maximum Gasteiger partial charge on any atom is 0.0832 e. The van der Waals surface area contributed by atoms with Crippen molar-refractivity contribution in [3.05, 3.63) is 0 Å². The third-order valence-electron chi connectivity index (χ3n) is 3.15. The van der Waals surface area contributed by atoms with Gasteiger partial charge in [-0.2, -0.15) is 0 Å². The molecule has 0 spiro atoms. The first-order valence-corrected chi connectivity index (χ1v) is 6.48. The second-order valence-corrected chi connectivity index (χ2v) is 8.46. The molecule has 0 heterocycles. The molecule has 2 heteroatoms. The molecule has 0 aromatic carbocycles. The van der Waals surface area contributed by atoms with Gasteiger partial charge in [-0.25, -0.2) is 0 Å². The van der Waals surface area contributed by atoms with Gasteiger partial charge in [-0.15, -0.1) is 0 Å². The topological polar surface area (TPSA) is 0 Å². The van der Waals surface area contributed by atoms with Crippen molar-refractivity contribution in [2.75, 3.05) is 0 Å². The maximum absolute atomic E-state index is 3.84. The molecule has 0 nitrogen and oxygen atoms in total. The highest BCUT2D eigenvalue weighted by atomic mass is 127. The lowest BCUT2D eigenvalue weighted by Gasteiger charge is -2.04. The maximum atomic E-state index is 3.84. The molecular weight excluding hydrogens is 315 g/mol. The van der Waals surface area contributed by atoms with Crippen LogP contribution in [0.5, 0.6) is 0 Å². The van der Waals surface area contributed by atoms with E-state index in [1.165, 1.54) is 38.5 Å². The predicted octanol–water partition coefficient (Wildman–Crippen LogP) is 4.11. The van der Waals surface area contributed by atoms with Crippen LogP contribution in [0.4, 0.5) is 0 Å². The van der Waals surface area contributed by atoms with Crippen LogP contribution in [0, 0.1) is 11.8 Å². The van der Waals surface area contributed by atoms with Gasteiger partial charge in [-0.05, 0) is 24.7 Å². The molecule has 0 radical (unpaired) electrons. The summed E-state index contributed by atoms with van der Waals surface area (Å²) >= 11 is 6.44. The Balaban J connectivity index is 1.95. The summed E-state index contributed by atoms with van der Waals surface area (Å²) in [7, 11) is 0. The van der Waals surface area contributed by atoms with Gasteiger partial charge >= 0.3 is 0 Å². The lowest BCUT2D eigenvalue weighted by Crippen LogP contribution is -1.90. The summed E-state index contributed by atoms with van der Waals surface area (Å²) in [5, 5.41) is 0. The lowest BCUT2D eigenvalue weighted by molar-refractivity contribution is 0.485. The molecule has 2 saturated carbocycles. The summed E-state index contributed by atoms with van der Waals surface area (Å²) in [6, 6.07) is 0. The van der Waals surface area contributed by atoms with Gasteiger partial charge in [-0.1, -0.05) is 64.2 Å². The smallest absolute Gasteiger partial charge is 0.0731 e. The van der Waals surface area contributed by atoms with Gasteiger partial charge in [0.15, 0.2) is 0 Å². The van der Waals surface area contributed by atoms with Crippen LogP contribution in [0.15, 0.2) is 0 Å². The minimum atomic E-state index is 0.509. The summed E-state index contributed by atoms with van der Waals surface area (Å²) in [5.74, 6) is 2.01. The highest BCUT2D eigenvalue weighted by Crippen LogP contribution is 2.66. The molecule has 0 aromatic rings. The number of hydrogen-bond acceptors (Lipinski definition) is 0. The first kappa shape index (κ1) is 8.79. The molecule has 0 saturated heterocycles. The van der Waals surface area contributed by atoms with Gasteiger partial charge < -0.3 is 0 Å². The van der Waals surface area contributed by atoms with Crippen molar-refractivity contribution in [3.63, 3.8) is 0 Å². The Kier molecular flexibility index (Phi) is 2.53. The quantitative estimate of drug-likeness (QED) is 0.463. The highest BCUT2D eigenvalue weighted by molar-refractivity contribution is 14.1. The van der Waals surface area contributed by atoms with Crippen LogP contribution in [0.3, 0.4) is 0 Å². The Labute approximate surface area is 90.8 Å². The molecule has 0 aliphatic heterocycles. The van der Waals surface area contributed by atoms with Crippen molar-refractivity contribution >= 4 is 38.5 Å². The number of fused-ring (bicyclic) bond motifs is 1. The number of halogens is 2. The van der Waals surface area contributed by atoms with Crippen LogP contribution in [-0.2, 0) is 0 Å². The molecule has 2 fully saturated rings. The Morgan fingerprint density at radius 2 is 1.45 bits per heavy atom. The molecular formula is C9H14BrI. The first-order chi connectivity index (χ1) is 5.23. The molecule has 1 unspecified atom stereocenters. The van der Waals surface area contributed by atoms with Crippen LogP contribution < -0.4 is 0 Å². The minimum absolute atomic E-state index is 0.509. The summed E-state index contributed by atoms with van der Waals surface area (Å²) in [4.78, 5) is 0. The lowest BCUT2D eigenvalue weighted by atomic mass is 10.0. The summed E-state index contributed by atoms with van der Waals surface area (Å²) in [5.41, 5.74) is 0. The fourth-order valence-electron chi connectivity index (χ4n) is 2.33. The third-order valence-corrected chi connectivity index (χ3v) is 5.92. The van der Waals surface area contributed by atoms with Gasteiger partial charge in [0, 0.05) is 0 Å². The second kappa shape index (κ2) is 3.17. The average molecular weight is 329 g/mol. The molecule has 2 aliphatic rings. The number of hydrogen-bond donors (Lipinski definition) is 0.